The van der Waals surface area contributed by atoms with Gasteiger partial charge in [-0.3, -0.25) is 9.69 Å². The Morgan fingerprint density at radius 1 is 1.31 bits per heavy atom. The fourth-order valence-electron chi connectivity index (χ4n) is 2.93. The first kappa shape index (κ1) is 20.2. The van der Waals surface area contributed by atoms with E-state index in [-0.39, 0.29) is 24.5 Å². The van der Waals surface area contributed by atoms with Crippen LogP contribution in [0.15, 0.2) is 30.3 Å². The van der Waals surface area contributed by atoms with Crippen LogP contribution in [-0.2, 0) is 16.1 Å². The van der Waals surface area contributed by atoms with Gasteiger partial charge in [-0.1, -0.05) is 44.2 Å². The lowest BCUT2D eigenvalue weighted by atomic mass is 10.0. The summed E-state index contributed by atoms with van der Waals surface area (Å²) < 4.78 is 5.34. The predicted molar refractivity (Wildman–Crippen MR) is 98.4 cm³/mol. The van der Waals surface area contributed by atoms with Crippen molar-refractivity contribution in [1.82, 2.24) is 15.5 Å². The number of nitrogens with one attached hydrogen (secondary N) is 2. The number of aliphatic hydroxyl groups excluding tert-OH is 1. The van der Waals surface area contributed by atoms with Gasteiger partial charge in [0.2, 0.25) is 5.91 Å². The first-order chi connectivity index (χ1) is 12.4. The van der Waals surface area contributed by atoms with Crippen LogP contribution in [0.1, 0.15) is 25.8 Å². The molecule has 1 heterocycles. The highest BCUT2D eigenvalue weighted by molar-refractivity contribution is 5.85. The van der Waals surface area contributed by atoms with E-state index < -0.39 is 18.2 Å². The van der Waals surface area contributed by atoms with Crippen LogP contribution in [0.25, 0.3) is 0 Å². The van der Waals surface area contributed by atoms with E-state index in [1.807, 2.05) is 44.2 Å². The summed E-state index contributed by atoms with van der Waals surface area (Å²) in [5, 5.41) is 15.7. The van der Waals surface area contributed by atoms with Gasteiger partial charge >= 0.3 is 6.09 Å². The number of amides is 2. The minimum absolute atomic E-state index is 0.158. The molecule has 0 aromatic heterocycles. The van der Waals surface area contributed by atoms with Crippen molar-refractivity contribution in [1.29, 1.82) is 0 Å². The molecule has 0 bridgehead atoms. The number of benzene rings is 1. The minimum atomic E-state index is -0.647. The molecule has 0 radical (unpaired) electrons. The van der Waals surface area contributed by atoms with Crippen LogP contribution in [0.3, 0.4) is 0 Å². The number of rotatable bonds is 7. The van der Waals surface area contributed by atoms with E-state index in [1.165, 1.54) is 4.90 Å². The van der Waals surface area contributed by atoms with Crippen molar-refractivity contribution in [3.63, 3.8) is 0 Å². The topological polar surface area (TPSA) is 90.9 Å². The van der Waals surface area contributed by atoms with Crippen molar-refractivity contribution in [2.75, 3.05) is 20.1 Å². The van der Waals surface area contributed by atoms with Gasteiger partial charge in [0.1, 0.15) is 12.6 Å². The smallest absolute Gasteiger partial charge is 0.410 e. The lowest BCUT2D eigenvalue weighted by Gasteiger charge is -2.29. The van der Waals surface area contributed by atoms with Crippen LogP contribution in [0.2, 0.25) is 0 Å². The third-order valence-corrected chi connectivity index (χ3v) is 4.47. The lowest BCUT2D eigenvalue weighted by Crippen LogP contribution is -2.53. The Balaban J connectivity index is 1.97. The largest absolute Gasteiger partial charge is 0.445 e. The van der Waals surface area contributed by atoms with Gasteiger partial charge in [-0.25, -0.2) is 4.79 Å². The molecule has 2 unspecified atom stereocenters. The summed E-state index contributed by atoms with van der Waals surface area (Å²) in [6.45, 7) is 5.12. The Kier molecular flexibility index (Phi) is 7.41. The number of hydrogen-bond donors (Lipinski definition) is 3. The molecule has 1 fully saturated rings. The third-order valence-electron chi connectivity index (χ3n) is 4.47. The van der Waals surface area contributed by atoms with Gasteiger partial charge in [-0.05, 0) is 17.9 Å². The second-order valence-electron chi connectivity index (χ2n) is 7.14. The Morgan fingerprint density at radius 3 is 2.58 bits per heavy atom. The molecule has 2 amide bonds. The van der Waals surface area contributed by atoms with Crippen molar-refractivity contribution < 1.29 is 19.4 Å². The fraction of sp³-hybridized carbons (Fsp3) is 0.579. The molecule has 1 aliphatic rings. The molecule has 26 heavy (non-hydrogen) atoms. The van der Waals surface area contributed by atoms with Crippen LogP contribution in [-0.4, -0.2) is 60.3 Å². The first-order valence-corrected chi connectivity index (χ1v) is 9.01. The number of β-amino-alcohol motifs (C(OH)–C–C–N with tert-alkyl or cyclic N) is 1. The Bertz CT molecular complexity index is 594. The molecule has 0 saturated carbocycles. The van der Waals surface area contributed by atoms with Crippen LogP contribution < -0.4 is 10.6 Å². The molecule has 0 spiro atoms. The summed E-state index contributed by atoms with van der Waals surface area (Å²) in [6, 6.07) is 8.41. The highest BCUT2D eigenvalue weighted by Crippen LogP contribution is 2.14. The number of ether oxygens (including phenoxy) is 1. The summed E-state index contributed by atoms with van der Waals surface area (Å²) in [7, 11) is 1.57. The molecular weight excluding hydrogens is 334 g/mol. The second-order valence-corrected chi connectivity index (χ2v) is 7.14. The molecule has 0 aliphatic carbocycles. The lowest BCUT2D eigenvalue weighted by molar-refractivity contribution is -0.127. The number of carbonyl (C=O) groups excluding carboxylic acids is 2. The van der Waals surface area contributed by atoms with Crippen LogP contribution >= 0.6 is 0 Å². The van der Waals surface area contributed by atoms with Gasteiger partial charge < -0.3 is 20.5 Å². The normalized spacial score (nSPS) is 20.7. The van der Waals surface area contributed by atoms with Crippen molar-refractivity contribution >= 4 is 12.0 Å². The number of carbonyl (C=O) groups is 2. The maximum atomic E-state index is 12.7. The van der Waals surface area contributed by atoms with Gasteiger partial charge in [0.15, 0.2) is 0 Å². The molecule has 1 saturated heterocycles. The van der Waals surface area contributed by atoms with Gasteiger partial charge in [0.25, 0.3) is 0 Å². The van der Waals surface area contributed by atoms with Gasteiger partial charge in [-0.15, -0.1) is 0 Å². The molecule has 1 aliphatic heterocycles. The monoisotopic (exact) mass is 363 g/mol. The van der Waals surface area contributed by atoms with E-state index >= 15 is 0 Å². The first-order valence-electron chi connectivity index (χ1n) is 9.01. The molecule has 1 aromatic carbocycles. The number of hydrogen-bond acceptors (Lipinski definition) is 5. The number of likely N-dealkylation sites (N-methyl/N-ethyl adjacent to an activating group) is 1. The molecule has 1 aromatic rings. The zero-order valence-electron chi connectivity index (χ0n) is 15.6. The van der Waals surface area contributed by atoms with E-state index in [1.54, 1.807) is 7.05 Å². The third kappa shape index (κ3) is 5.71. The highest BCUT2D eigenvalue weighted by atomic mass is 16.6. The van der Waals surface area contributed by atoms with Gasteiger partial charge in [0.05, 0.1) is 12.1 Å². The van der Waals surface area contributed by atoms with Crippen LogP contribution in [0, 0.1) is 5.92 Å². The molecule has 7 heteroatoms. The molecule has 7 nitrogen and oxygen atoms in total. The molecule has 3 N–H and O–H groups in total. The molecule has 144 valence electrons. The van der Waals surface area contributed by atoms with E-state index in [9.17, 15) is 14.7 Å². The fourth-order valence-corrected chi connectivity index (χ4v) is 2.93. The standard InChI is InChI=1S/C19H29N3O4/c1-13(2)9-16(18(24)21-15-10-20-11-17(15)23)22(3)19(25)26-12-14-7-5-4-6-8-14/h4-8,13,15-17,20,23H,9-12H2,1-3H3,(H,21,24)/t15?,16-,17?/m0/s1. The molecule has 2 rings (SSSR count). The quantitative estimate of drug-likeness (QED) is 0.675. The number of aliphatic hydroxyl groups is 1. The zero-order chi connectivity index (χ0) is 19.1. The van der Waals surface area contributed by atoms with Crippen molar-refractivity contribution in [2.45, 2.75) is 45.1 Å². The molecular formula is C19H29N3O4. The Labute approximate surface area is 154 Å². The average molecular weight is 363 g/mol. The van der Waals surface area contributed by atoms with Crippen molar-refractivity contribution in [3.05, 3.63) is 35.9 Å². The summed E-state index contributed by atoms with van der Waals surface area (Å²) in [5.74, 6) is -0.0487. The van der Waals surface area contributed by atoms with Gasteiger partial charge in [0, 0.05) is 20.1 Å². The van der Waals surface area contributed by atoms with Gasteiger partial charge in [-0.2, -0.15) is 0 Å². The van der Waals surface area contributed by atoms with Crippen LogP contribution in [0.4, 0.5) is 4.79 Å². The van der Waals surface area contributed by atoms with Crippen molar-refractivity contribution in [3.8, 4) is 0 Å². The van der Waals surface area contributed by atoms with E-state index in [0.717, 1.165) is 5.56 Å². The maximum Gasteiger partial charge on any atom is 0.410 e. The van der Waals surface area contributed by atoms with E-state index in [0.29, 0.717) is 19.5 Å². The average Bonchev–Trinajstić information content (AvgIpc) is 3.02. The summed E-state index contributed by atoms with van der Waals surface area (Å²) in [6.07, 6.45) is -0.646. The maximum absolute atomic E-state index is 12.7. The minimum Gasteiger partial charge on any atom is -0.445 e. The Morgan fingerprint density at radius 2 is 2.00 bits per heavy atom. The predicted octanol–water partition coefficient (Wildman–Crippen LogP) is 1.12. The second kappa shape index (κ2) is 9.54. The van der Waals surface area contributed by atoms with Crippen molar-refractivity contribution in [2.24, 2.45) is 5.92 Å². The highest BCUT2D eigenvalue weighted by Gasteiger charge is 2.33. The SMILES string of the molecule is CC(C)C[C@@H](C(=O)NC1CNCC1O)N(C)C(=O)OCc1ccccc1. The number of nitrogens with zero attached hydrogens (tertiary/aromatic N) is 1. The van der Waals surface area contributed by atoms with E-state index in [2.05, 4.69) is 10.6 Å². The zero-order valence-corrected chi connectivity index (χ0v) is 15.6. The van der Waals surface area contributed by atoms with E-state index in [4.69, 9.17) is 4.74 Å². The summed E-state index contributed by atoms with van der Waals surface area (Å²) in [4.78, 5) is 26.4. The summed E-state index contributed by atoms with van der Waals surface area (Å²) >= 11 is 0. The molecule has 3 atom stereocenters. The Hall–Kier alpha value is -2.12. The van der Waals surface area contributed by atoms with Crippen LogP contribution in [0.5, 0.6) is 0 Å². The summed E-state index contributed by atoms with van der Waals surface area (Å²) in [5.41, 5.74) is 0.888.